The van der Waals surface area contributed by atoms with Gasteiger partial charge in [0.05, 0.1) is 6.61 Å². The summed E-state index contributed by atoms with van der Waals surface area (Å²) in [6, 6.07) is 0. The van der Waals surface area contributed by atoms with Gasteiger partial charge >= 0.3 is 17.9 Å². The summed E-state index contributed by atoms with van der Waals surface area (Å²) < 4.78 is 31.1. The Morgan fingerprint density at radius 3 is 1.97 bits per heavy atom. The van der Waals surface area contributed by atoms with Crippen LogP contribution in [0, 0.1) is 0 Å². The molecule has 9 atom stereocenters. The predicted molar refractivity (Wildman–Crippen MR) is 97.3 cm³/mol. The Labute approximate surface area is 182 Å². The van der Waals surface area contributed by atoms with Gasteiger partial charge in [-0.3, -0.25) is 14.4 Å². The van der Waals surface area contributed by atoms with E-state index in [1.54, 1.807) is 0 Å². The molecule has 14 nitrogen and oxygen atoms in total. The van der Waals surface area contributed by atoms with E-state index < -0.39 is 92.5 Å². The molecular weight excluding hydrogens is 440 g/mol. The molecule has 5 N–H and O–H groups in total. The fourth-order valence-electron chi connectivity index (χ4n) is 3.45. The molecule has 0 saturated carbocycles. The molecule has 2 saturated heterocycles. The molecule has 0 aromatic heterocycles. The molecule has 0 aliphatic carbocycles. The zero-order valence-electron chi connectivity index (χ0n) is 17.7. The minimum absolute atomic E-state index is 0.475. The number of carbonyl (C=O) groups is 3. The Morgan fingerprint density at radius 2 is 1.47 bits per heavy atom. The van der Waals surface area contributed by atoms with Crippen LogP contribution in [0.2, 0.25) is 0 Å². The molecular formula is C18H28O14. The van der Waals surface area contributed by atoms with Gasteiger partial charge in [-0.05, 0) is 0 Å². The number of aliphatic hydroxyl groups is 5. The number of esters is 3. The van der Waals surface area contributed by atoms with Crippen molar-refractivity contribution in [1.29, 1.82) is 0 Å². The van der Waals surface area contributed by atoms with Crippen LogP contribution in [-0.2, 0) is 42.8 Å². The maximum absolute atomic E-state index is 11.5. The van der Waals surface area contributed by atoms with Crippen LogP contribution < -0.4 is 0 Å². The van der Waals surface area contributed by atoms with Crippen LogP contribution in [0.15, 0.2) is 0 Å². The largest absolute Gasteiger partial charge is 0.463 e. The van der Waals surface area contributed by atoms with Gasteiger partial charge in [0.15, 0.2) is 18.5 Å². The van der Waals surface area contributed by atoms with E-state index in [4.69, 9.17) is 28.4 Å². The van der Waals surface area contributed by atoms with Gasteiger partial charge in [-0.2, -0.15) is 0 Å². The molecule has 2 aliphatic rings. The van der Waals surface area contributed by atoms with Crippen molar-refractivity contribution >= 4 is 17.9 Å². The first kappa shape index (κ1) is 26.3. The van der Waals surface area contributed by atoms with Crippen molar-refractivity contribution in [3.8, 4) is 0 Å². The molecule has 0 aromatic rings. The van der Waals surface area contributed by atoms with E-state index in [-0.39, 0.29) is 0 Å². The summed E-state index contributed by atoms with van der Waals surface area (Å²) in [5, 5.41) is 50.9. The molecule has 14 heteroatoms. The fraction of sp³-hybridized carbons (Fsp3) is 0.833. The molecule has 2 fully saturated rings. The highest BCUT2D eigenvalue weighted by Crippen LogP contribution is 2.38. The van der Waals surface area contributed by atoms with E-state index in [9.17, 15) is 39.9 Å². The molecule has 0 aromatic carbocycles. The molecule has 2 heterocycles. The summed E-state index contributed by atoms with van der Waals surface area (Å²) in [7, 11) is 0. The number of ether oxygens (including phenoxy) is 6. The van der Waals surface area contributed by atoms with Crippen molar-refractivity contribution in [3.63, 3.8) is 0 Å². The SMILES string of the molecule is CC(=O)OC[C@H]1O[C@@](CO)(O[C@@H]2O[C@H](CO)[C@@H](O)[C@H](OC(C)=O)[C@H]2O)[C@@H](O)[C@@H]1OC(C)=O. The van der Waals surface area contributed by atoms with Crippen LogP contribution in [0.25, 0.3) is 0 Å². The third-order valence-electron chi connectivity index (χ3n) is 4.89. The second kappa shape index (κ2) is 10.8. The Kier molecular flexibility index (Phi) is 8.90. The minimum Gasteiger partial charge on any atom is -0.463 e. The summed E-state index contributed by atoms with van der Waals surface area (Å²) in [4.78, 5) is 34.0. The van der Waals surface area contributed by atoms with Gasteiger partial charge in [0.2, 0.25) is 5.79 Å². The molecule has 0 radical (unpaired) electrons. The number of aliphatic hydroxyl groups excluding tert-OH is 5. The zero-order chi connectivity index (χ0) is 24.2. The topological polar surface area (TPSA) is 208 Å². The minimum atomic E-state index is -2.35. The van der Waals surface area contributed by atoms with Crippen LogP contribution >= 0.6 is 0 Å². The first-order valence-corrected chi connectivity index (χ1v) is 9.70. The summed E-state index contributed by atoms with van der Waals surface area (Å²) >= 11 is 0. The Hall–Kier alpha value is -1.91. The summed E-state index contributed by atoms with van der Waals surface area (Å²) in [6.07, 6.45) is -12.8. The van der Waals surface area contributed by atoms with Gasteiger partial charge in [-0.1, -0.05) is 0 Å². The summed E-state index contributed by atoms with van der Waals surface area (Å²) in [6.45, 7) is 0.925. The third-order valence-corrected chi connectivity index (χ3v) is 4.89. The fourth-order valence-corrected chi connectivity index (χ4v) is 3.45. The van der Waals surface area contributed by atoms with Gasteiger partial charge in [0, 0.05) is 20.8 Å². The lowest BCUT2D eigenvalue weighted by molar-refractivity contribution is -0.383. The van der Waals surface area contributed by atoms with Crippen LogP contribution in [0.3, 0.4) is 0 Å². The van der Waals surface area contributed by atoms with E-state index in [0.29, 0.717) is 0 Å². The lowest BCUT2D eigenvalue weighted by Crippen LogP contribution is -2.63. The highest BCUT2D eigenvalue weighted by Gasteiger charge is 2.60. The van der Waals surface area contributed by atoms with Crippen LogP contribution in [-0.4, -0.2) is 118 Å². The van der Waals surface area contributed by atoms with Crippen molar-refractivity contribution in [2.24, 2.45) is 0 Å². The number of carbonyl (C=O) groups excluding carboxylic acids is 3. The Balaban J connectivity index is 2.30. The summed E-state index contributed by atoms with van der Waals surface area (Å²) in [5.41, 5.74) is 0. The maximum Gasteiger partial charge on any atom is 0.303 e. The average Bonchev–Trinajstić information content (AvgIpc) is 2.97. The van der Waals surface area contributed by atoms with Crippen LogP contribution in [0.4, 0.5) is 0 Å². The van der Waals surface area contributed by atoms with E-state index in [1.165, 1.54) is 0 Å². The second-order valence-electron chi connectivity index (χ2n) is 7.35. The zero-order valence-corrected chi connectivity index (χ0v) is 17.7. The van der Waals surface area contributed by atoms with Gasteiger partial charge in [0.1, 0.15) is 43.7 Å². The predicted octanol–water partition coefficient (Wildman–Crippen LogP) is -3.68. The lowest BCUT2D eigenvalue weighted by Gasteiger charge is -2.44. The van der Waals surface area contributed by atoms with Crippen molar-refractivity contribution in [3.05, 3.63) is 0 Å². The molecule has 32 heavy (non-hydrogen) atoms. The lowest BCUT2D eigenvalue weighted by atomic mass is 9.98. The van der Waals surface area contributed by atoms with Crippen LogP contribution in [0.1, 0.15) is 20.8 Å². The van der Waals surface area contributed by atoms with Gasteiger partial charge in [-0.25, -0.2) is 0 Å². The molecule has 0 unspecified atom stereocenters. The second-order valence-corrected chi connectivity index (χ2v) is 7.35. The average molecular weight is 468 g/mol. The van der Waals surface area contributed by atoms with Crippen molar-refractivity contribution in [2.75, 3.05) is 19.8 Å². The van der Waals surface area contributed by atoms with Gasteiger partial charge in [-0.15, -0.1) is 0 Å². The third kappa shape index (κ3) is 5.71. The van der Waals surface area contributed by atoms with Gasteiger partial charge in [0.25, 0.3) is 0 Å². The monoisotopic (exact) mass is 468 g/mol. The molecule has 0 amide bonds. The van der Waals surface area contributed by atoms with E-state index in [0.717, 1.165) is 20.8 Å². The first-order valence-electron chi connectivity index (χ1n) is 9.70. The normalized spacial score (nSPS) is 39.4. The van der Waals surface area contributed by atoms with Crippen LogP contribution in [0.5, 0.6) is 0 Å². The molecule has 2 rings (SSSR count). The van der Waals surface area contributed by atoms with E-state index >= 15 is 0 Å². The van der Waals surface area contributed by atoms with E-state index in [2.05, 4.69) is 0 Å². The first-order chi connectivity index (χ1) is 15.0. The number of hydrogen-bond donors (Lipinski definition) is 5. The number of hydrogen-bond acceptors (Lipinski definition) is 14. The Bertz CT molecular complexity index is 685. The van der Waals surface area contributed by atoms with Crippen molar-refractivity contribution < 1.29 is 68.3 Å². The molecule has 184 valence electrons. The number of rotatable bonds is 8. The molecule has 0 bridgehead atoms. The smallest absolute Gasteiger partial charge is 0.303 e. The van der Waals surface area contributed by atoms with Crippen molar-refractivity contribution in [1.82, 2.24) is 0 Å². The highest BCUT2D eigenvalue weighted by molar-refractivity contribution is 5.67. The summed E-state index contributed by atoms with van der Waals surface area (Å²) in [5.74, 6) is -4.70. The maximum atomic E-state index is 11.5. The van der Waals surface area contributed by atoms with E-state index in [1.807, 2.05) is 0 Å². The standard InChI is InChI=1S/C18H28O14/c1-7(21)27-5-11-14(28-8(2)22)16(26)18(6-20,31-11)32-17-13(25)15(29-9(3)23)12(24)10(4-19)30-17/h10-17,19-20,24-26H,4-6H2,1-3H3/t10-,11-,12-,13-,14-,15+,16+,17+,18+/m1/s1. The molecule has 2 aliphatic heterocycles. The van der Waals surface area contributed by atoms with Crippen molar-refractivity contribution in [2.45, 2.75) is 75.6 Å². The molecule has 0 spiro atoms. The van der Waals surface area contributed by atoms with Gasteiger partial charge < -0.3 is 54.0 Å². The Morgan fingerprint density at radius 1 is 0.875 bits per heavy atom. The highest BCUT2D eigenvalue weighted by atomic mass is 16.8. The quantitative estimate of drug-likeness (QED) is 0.172.